The Balaban J connectivity index is 1.27. The van der Waals surface area contributed by atoms with E-state index in [1.54, 1.807) is 12.1 Å². The van der Waals surface area contributed by atoms with Crippen molar-refractivity contribution >= 4 is 11.6 Å². The number of fused-ring (bicyclic) bond motifs is 2. The van der Waals surface area contributed by atoms with Crippen molar-refractivity contribution in [1.82, 2.24) is 14.9 Å². The average Bonchev–Trinajstić information content (AvgIpc) is 2.74. The maximum atomic E-state index is 13.4. The number of nitrogens with one attached hydrogen (secondary N) is 1. The maximum absolute atomic E-state index is 13.4. The van der Waals surface area contributed by atoms with Crippen molar-refractivity contribution in [1.29, 1.82) is 0 Å². The molecule has 0 bridgehead atoms. The largest absolute Gasteiger partial charge is 0.486 e. The van der Waals surface area contributed by atoms with E-state index < -0.39 is 0 Å². The van der Waals surface area contributed by atoms with Crippen molar-refractivity contribution in [3.8, 4) is 11.5 Å². The van der Waals surface area contributed by atoms with Gasteiger partial charge in [-0.15, -0.1) is 0 Å². The van der Waals surface area contributed by atoms with Gasteiger partial charge in [0.05, 0.1) is 5.69 Å². The van der Waals surface area contributed by atoms with Crippen LogP contribution in [0.4, 0.5) is 16.0 Å². The zero-order valence-electron chi connectivity index (χ0n) is 15.9. The Bertz CT molecular complexity index is 1040. The molecule has 1 aromatic heterocycles. The van der Waals surface area contributed by atoms with E-state index in [1.807, 2.05) is 30.5 Å². The molecule has 0 radical (unpaired) electrons. The zero-order valence-corrected chi connectivity index (χ0v) is 15.9. The fraction of sp³-hybridized carbons (Fsp3) is 0.273. The molecular formula is C22H21FN4O2. The first-order chi connectivity index (χ1) is 14.2. The first kappa shape index (κ1) is 17.9. The third-order valence-electron chi connectivity index (χ3n) is 5.11. The number of rotatable bonds is 4. The normalized spacial score (nSPS) is 15.6. The first-order valence-electron chi connectivity index (χ1n) is 9.71. The predicted octanol–water partition coefficient (Wildman–Crippen LogP) is 3.69. The standard InChI is InChI=1S/C22H21FN4O2/c23-17-3-1-2-15(10-17)13-27-7-6-19-16(14-27)12-24-22(26-19)25-18-4-5-20-21(11-18)29-9-8-28-20/h1-5,10-12H,6-9,13-14H2,(H,24,25,26). The molecular weight excluding hydrogens is 371 g/mol. The molecule has 0 amide bonds. The Morgan fingerprint density at radius 2 is 1.97 bits per heavy atom. The minimum Gasteiger partial charge on any atom is -0.486 e. The molecule has 5 rings (SSSR count). The van der Waals surface area contributed by atoms with E-state index in [0.29, 0.717) is 25.7 Å². The molecule has 0 saturated carbocycles. The smallest absolute Gasteiger partial charge is 0.227 e. The second kappa shape index (κ2) is 7.67. The lowest BCUT2D eigenvalue weighted by molar-refractivity contribution is 0.171. The Morgan fingerprint density at radius 1 is 1.07 bits per heavy atom. The van der Waals surface area contributed by atoms with Crippen LogP contribution < -0.4 is 14.8 Å². The highest BCUT2D eigenvalue weighted by Crippen LogP contribution is 2.33. The van der Waals surface area contributed by atoms with Crippen molar-refractivity contribution in [3.05, 3.63) is 71.3 Å². The summed E-state index contributed by atoms with van der Waals surface area (Å²) in [6.45, 7) is 3.48. The molecule has 0 atom stereocenters. The summed E-state index contributed by atoms with van der Waals surface area (Å²) >= 11 is 0. The molecule has 1 N–H and O–H groups in total. The van der Waals surface area contributed by atoms with E-state index in [0.717, 1.165) is 53.5 Å². The Kier molecular flexibility index (Phi) is 4.73. The van der Waals surface area contributed by atoms with Gasteiger partial charge in [0.15, 0.2) is 11.5 Å². The molecule has 2 aliphatic rings. The van der Waals surface area contributed by atoms with Crippen molar-refractivity contribution in [2.45, 2.75) is 19.5 Å². The highest BCUT2D eigenvalue weighted by Gasteiger charge is 2.19. The number of nitrogens with zero attached hydrogens (tertiary/aromatic N) is 3. The van der Waals surface area contributed by atoms with Crippen molar-refractivity contribution in [3.63, 3.8) is 0 Å². The summed E-state index contributed by atoms with van der Waals surface area (Å²) in [6, 6.07) is 12.5. The van der Waals surface area contributed by atoms with Gasteiger partial charge >= 0.3 is 0 Å². The van der Waals surface area contributed by atoms with E-state index in [-0.39, 0.29) is 5.82 Å². The summed E-state index contributed by atoms with van der Waals surface area (Å²) in [7, 11) is 0. The van der Waals surface area contributed by atoms with Crippen LogP contribution >= 0.6 is 0 Å². The summed E-state index contributed by atoms with van der Waals surface area (Å²) in [5.41, 5.74) is 4.00. The number of ether oxygens (including phenoxy) is 2. The van der Waals surface area contributed by atoms with Crippen LogP contribution in [0, 0.1) is 5.82 Å². The van der Waals surface area contributed by atoms with Crippen LogP contribution in [0.5, 0.6) is 11.5 Å². The van der Waals surface area contributed by atoms with Gasteiger partial charge in [0, 0.05) is 49.6 Å². The minimum absolute atomic E-state index is 0.196. The van der Waals surface area contributed by atoms with Gasteiger partial charge in [-0.25, -0.2) is 14.4 Å². The lowest BCUT2D eigenvalue weighted by Gasteiger charge is -2.28. The Labute approximate surface area is 168 Å². The van der Waals surface area contributed by atoms with Crippen molar-refractivity contribution in [2.24, 2.45) is 0 Å². The van der Waals surface area contributed by atoms with Gasteiger partial charge in [-0.05, 0) is 29.8 Å². The average molecular weight is 392 g/mol. The van der Waals surface area contributed by atoms with Gasteiger partial charge in [-0.1, -0.05) is 12.1 Å². The number of aromatic nitrogens is 2. The van der Waals surface area contributed by atoms with Gasteiger partial charge in [0.1, 0.15) is 19.0 Å². The number of hydrogen-bond acceptors (Lipinski definition) is 6. The zero-order chi connectivity index (χ0) is 19.6. The second-order valence-electron chi connectivity index (χ2n) is 7.24. The number of hydrogen-bond donors (Lipinski definition) is 1. The molecule has 0 saturated heterocycles. The van der Waals surface area contributed by atoms with Gasteiger partial charge in [0.2, 0.25) is 5.95 Å². The highest BCUT2D eigenvalue weighted by atomic mass is 19.1. The molecule has 148 valence electrons. The number of anilines is 2. The summed E-state index contributed by atoms with van der Waals surface area (Å²) in [6.07, 6.45) is 2.71. The molecule has 7 heteroatoms. The monoisotopic (exact) mass is 392 g/mol. The second-order valence-corrected chi connectivity index (χ2v) is 7.24. The summed E-state index contributed by atoms with van der Waals surface area (Å²) in [4.78, 5) is 11.5. The summed E-state index contributed by atoms with van der Waals surface area (Å²) in [5.74, 6) is 1.86. The van der Waals surface area contributed by atoms with Crippen LogP contribution in [0.15, 0.2) is 48.7 Å². The molecule has 0 unspecified atom stereocenters. The molecule has 6 nitrogen and oxygen atoms in total. The van der Waals surface area contributed by atoms with Crippen LogP contribution in [0.3, 0.4) is 0 Å². The van der Waals surface area contributed by atoms with E-state index >= 15 is 0 Å². The molecule has 3 heterocycles. The molecule has 0 spiro atoms. The van der Waals surface area contributed by atoms with Gasteiger partial charge in [-0.2, -0.15) is 0 Å². The molecule has 0 fully saturated rings. The van der Waals surface area contributed by atoms with E-state index in [2.05, 4.69) is 15.2 Å². The van der Waals surface area contributed by atoms with Crippen molar-refractivity contribution < 1.29 is 13.9 Å². The van der Waals surface area contributed by atoms with Gasteiger partial charge in [0.25, 0.3) is 0 Å². The van der Waals surface area contributed by atoms with E-state index in [9.17, 15) is 4.39 Å². The minimum atomic E-state index is -0.196. The lowest BCUT2D eigenvalue weighted by Crippen LogP contribution is -2.31. The van der Waals surface area contributed by atoms with E-state index in [4.69, 9.17) is 14.5 Å². The third kappa shape index (κ3) is 4.00. The third-order valence-corrected chi connectivity index (χ3v) is 5.11. The topological polar surface area (TPSA) is 59.5 Å². The number of benzene rings is 2. The first-order valence-corrected chi connectivity index (χ1v) is 9.71. The summed E-state index contributed by atoms with van der Waals surface area (Å²) in [5, 5.41) is 3.25. The predicted molar refractivity (Wildman–Crippen MR) is 107 cm³/mol. The molecule has 2 aliphatic heterocycles. The SMILES string of the molecule is Fc1cccc(CN2CCc3nc(Nc4ccc5c(c4)OCCO5)ncc3C2)c1. The highest BCUT2D eigenvalue weighted by molar-refractivity contribution is 5.60. The van der Waals surface area contributed by atoms with Gasteiger partial charge < -0.3 is 14.8 Å². The maximum Gasteiger partial charge on any atom is 0.227 e. The van der Waals surface area contributed by atoms with E-state index in [1.165, 1.54) is 6.07 Å². The fourth-order valence-corrected chi connectivity index (χ4v) is 3.71. The Hall–Kier alpha value is -3.19. The molecule has 3 aromatic rings. The molecule has 29 heavy (non-hydrogen) atoms. The lowest BCUT2D eigenvalue weighted by atomic mass is 10.1. The van der Waals surface area contributed by atoms with Crippen LogP contribution in [0.25, 0.3) is 0 Å². The quantitative estimate of drug-likeness (QED) is 0.731. The van der Waals surface area contributed by atoms with Crippen LogP contribution in [0.2, 0.25) is 0 Å². The fourth-order valence-electron chi connectivity index (χ4n) is 3.71. The van der Waals surface area contributed by atoms with Gasteiger partial charge in [-0.3, -0.25) is 4.90 Å². The Morgan fingerprint density at radius 3 is 2.86 bits per heavy atom. The number of halogens is 1. The molecule has 0 aliphatic carbocycles. The summed E-state index contributed by atoms with van der Waals surface area (Å²) < 4.78 is 24.6. The molecule has 2 aromatic carbocycles. The van der Waals surface area contributed by atoms with Crippen LogP contribution in [-0.4, -0.2) is 34.6 Å². The van der Waals surface area contributed by atoms with Crippen LogP contribution in [0.1, 0.15) is 16.8 Å². The van der Waals surface area contributed by atoms with Crippen LogP contribution in [-0.2, 0) is 19.5 Å². The van der Waals surface area contributed by atoms with Crippen molar-refractivity contribution in [2.75, 3.05) is 25.1 Å².